The van der Waals surface area contributed by atoms with E-state index in [1.807, 2.05) is 36.4 Å². The third-order valence-electron chi connectivity index (χ3n) is 3.98. The molecule has 1 N–H and O–H groups in total. The van der Waals surface area contributed by atoms with Crippen molar-refractivity contribution in [2.45, 2.75) is 22.5 Å². The van der Waals surface area contributed by atoms with Crippen LogP contribution in [-0.4, -0.2) is 42.2 Å². The average molecular weight is 469 g/mol. The zero-order chi connectivity index (χ0) is 17.6. The molecule has 0 radical (unpaired) electrons. The Morgan fingerprint density at radius 3 is 1.54 bits per heavy atom. The van der Waals surface area contributed by atoms with Crippen LogP contribution in [0.3, 0.4) is 0 Å². The van der Waals surface area contributed by atoms with E-state index in [1.54, 1.807) is 0 Å². The number of aliphatic hydroxyl groups excluding tert-OH is 1. The SMILES string of the molecule is OC(C(Cl)(Cl)Cl)P(=[Se])(CCc1ccccc1)CCc1ccccc1. The maximum atomic E-state index is 10.7. The fraction of sp³-hybridized carbons (Fsp3) is 0.333. The molecule has 0 fully saturated rings. The molecule has 0 bridgehead atoms. The predicted octanol–water partition coefficient (Wildman–Crippen LogP) is 5.26. The molecule has 0 heterocycles. The topological polar surface area (TPSA) is 20.2 Å². The zero-order valence-corrected chi connectivity index (χ0v) is 18.0. The van der Waals surface area contributed by atoms with E-state index in [9.17, 15) is 5.11 Å². The molecule has 0 saturated carbocycles. The number of halogens is 3. The van der Waals surface area contributed by atoms with Crippen molar-refractivity contribution < 1.29 is 5.11 Å². The maximum absolute atomic E-state index is 10.7. The van der Waals surface area contributed by atoms with Gasteiger partial charge in [0.05, 0.1) is 0 Å². The van der Waals surface area contributed by atoms with Crippen LogP contribution in [0.4, 0.5) is 0 Å². The fourth-order valence-electron chi connectivity index (χ4n) is 2.55. The Morgan fingerprint density at radius 1 is 0.833 bits per heavy atom. The number of hydrogen-bond acceptors (Lipinski definition) is 1. The third-order valence-corrected chi connectivity index (χ3v) is 11.9. The quantitative estimate of drug-likeness (QED) is 0.334. The molecule has 2 aromatic carbocycles. The van der Waals surface area contributed by atoms with Gasteiger partial charge in [0, 0.05) is 0 Å². The molecular formula is C18H20Cl3OPSe. The van der Waals surface area contributed by atoms with Crippen LogP contribution in [-0.2, 0) is 12.8 Å². The van der Waals surface area contributed by atoms with Crippen molar-refractivity contribution >= 4 is 55.4 Å². The van der Waals surface area contributed by atoms with Gasteiger partial charge >= 0.3 is 167 Å². The summed E-state index contributed by atoms with van der Waals surface area (Å²) in [5, 5.41) is 10.7. The summed E-state index contributed by atoms with van der Waals surface area (Å²) >= 11 is 21.3. The molecule has 1 nitrogen and oxygen atoms in total. The summed E-state index contributed by atoms with van der Waals surface area (Å²) < 4.78 is -1.67. The summed E-state index contributed by atoms with van der Waals surface area (Å²) in [7, 11) is 0. The van der Waals surface area contributed by atoms with Crippen LogP contribution in [0.2, 0.25) is 0 Å². The molecule has 0 saturated heterocycles. The molecule has 0 aromatic heterocycles. The first-order valence-corrected chi connectivity index (χ1v) is 13.3. The Bertz CT molecular complexity index is 626. The van der Waals surface area contributed by atoms with Crippen LogP contribution in [0.25, 0.3) is 0 Å². The summed E-state index contributed by atoms with van der Waals surface area (Å²) in [6.45, 7) is 0. The second-order valence-corrected chi connectivity index (χ2v) is 16.0. The first kappa shape index (κ1) is 20.5. The summed E-state index contributed by atoms with van der Waals surface area (Å²) in [5.41, 5.74) is 0.482. The Labute approximate surface area is 166 Å². The van der Waals surface area contributed by atoms with Crippen LogP contribution in [0, 0.1) is 0 Å². The van der Waals surface area contributed by atoms with Crippen LogP contribution in [0.1, 0.15) is 11.1 Å². The molecule has 0 amide bonds. The number of aliphatic hydroxyl groups is 1. The first-order valence-electron chi connectivity index (χ1n) is 7.72. The van der Waals surface area contributed by atoms with E-state index in [1.165, 1.54) is 11.1 Å². The number of aryl methyl sites for hydroxylation is 2. The summed E-state index contributed by atoms with van der Waals surface area (Å²) in [5.74, 6) is -0.970. The zero-order valence-electron chi connectivity index (χ0n) is 13.1. The molecule has 0 spiro atoms. The molecule has 0 aliphatic heterocycles. The standard InChI is InChI=1S/C18H20Cl3OPSe/c19-18(20,21)17(22)23(24,13-11-15-7-3-1-4-8-15)14-12-16-9-5-2-6-10-16/h1-10,17,22H,11-14H2. The van der Waals surface area contributed by atoms with Crippen molar-refractivity contribution in [1.29, 1.82) is 0 Å². The molecule has 130 valence electrons. The van der Waals surface area contributed by atoms with Crippen LogP contribution in [0.15, 0.2) is 60.7 Å². The molecular weight excluding hydrogens is 448 g/mol. The summed E-state index contributed by atoms with van der Waals surface area (Å²) in [4.78, 5) is 0. The van der Waals surface area contributed by atoms with Gasteiger partial charge in [-0.3, -0.25) is 0 Å². The Kier molecular flexibility index (Phi) is 7.91. The second-order valence-electron chi connectivity index (χ2n) is 5.79. The van der Waals surface area contributed by atoms with Gasteiger partial charge in [0.15, 0.2) is 0 Å². The predicted molar refractivity (Wildman–Crippen MR) is 109 cm³/mol. The van der Waals surface area contributed by atoms with E-state index < -0.39 is 15.1 Å². The van der Waals surface area contributed by atoms with Crippen molar-refractivity contribution in [3.63, 3.8) is 0 Å². The van der Waals surface area contributed by atoms with Gasteiger partial charge in [0.2, 0.25) is 0 Å². The number of benzene rings is 2. The molecule has 6 heteroatoms. The number of rotatable bonds is 7. The molecule has 0 aliphatic carbocycles. The molecule has 1 atom stereocenters. The molecule has 2 rings (SSSR count). The van der Waals surface area contributed by atoms with Crippen molar-refractivity contribution in [2.75, 3.05) is 12.3 Å². The average Bonchev–Trinajstić information content (AvgIpc) is 2.58. The number of alkyl halides is 3. The minimum atomic E-state index is -1.98. The first-order chi connectivity index (χ1) is 11.3. The van der Waals surface area contributed by atoms with E-state index in [0.29, 0.717) is 0 Å². The van der Waals surface area contributed by atoms with E-state index >= 15 is 0 Å². The van der Waals surface area contributed by atoms with Gasteiger partial charge < -0.3 is 0 Å². The Hall–Kier alpha value is 0.219. The van der Waals surface area contributed by atoms with E-state index in [2.05, 4.69) is 39.4 Å². The second kappa shape index (κ2) is 9.24. The van der Waals surface area contributed by atoms with E-state index in [4.69, 9.17) is 34.8 Å². The van der Waals surface area contributed by atoms with E-state index in [0.717, 1.165) is 25.2 Å². The molecule has 1 unspecified atom stereocenters. The summed E-state index contributed by atoms with van der Waals surface area (Å²) in [6.07, 6.45) is 3.32. The monoisotopic (exact) mass is 468 g/mol. The van der Waals surface area contributed by atoms with Crippen LogP contribution in [0.5, 0.6) is 0 Å². The molecule has 2 aromatic rings. The van der Waals surface area contributed by atoms with Gasteiger partial charge in [-0.25, -0.2) is 0 Å². The summed E-state index contributed by atoms with van der Waals surface area (Å²) in [6, 6.07) is 20.4. The van der Waals surface area contributed by atoms with E-state index in [-0.39, 0.29) is 0 Å². The van der Waals surface area contributed by atoms with Crippen molar-refractivity contribution in [2.24, 2.45) is 0 Å². The Morgan fingerprint density at radius 2 is 1.21 bits per heavy atom. The number of hydrogen-bond donors (Lipinski definition) is 1. The van der Waals surface area contributed by atoms with Crippen molar-refractivity contribution in [3.05, 3.63) is 71.8 Å². The molecule has 24 heavy (non-hydrogen) atoms. The van der Waals surface area contributed by atoms with Gasteiger partial charge in [-0.1, -0.05) is 0 Å². The van der Waals surface area contributed by atoms with Gasteiger partial charge in [-0.05, 0) is 0 Å². The van der Waals surface area contributed by atoms with Gasteiger partial charge in [-0.2, -0.15) is 0 Å². The fourth-order valence-corrected chi connectivity index (χ4v) is 10.1. The third kappa shape index (κ3) is 6.18. The Balaban J connectivity index is 2.13. The van der Waals surface area contributed by atoms with Gasteiger partial charge in [0.25, 0.3) is 0 Å². The van der Waals surface area contributed by atoms with Crippen molar-refractivity contribution in [1.82, 2.24) is 0 Å². The normalized spacial score (nSPS) is 13.7. The molecule has 0 aliphatic rings. The minimum absolute atomic E-state index is 0.804. The van der Waals surface area contributed by atoms with Crippen molar-refractivity contribution in [3.8, 4) is 0 Å². The van der Waals surface area contributed by atoms with Gasteiger partial charge in [0.1, 0.15) is 0 Å². The van der Waals surface area contributed by atoms with Gasteiger partial charge in [-0.15, -0.1) is 0 Å². The van der Waals surface area contributed by atoms with Crippen LogP contribution < -0.4 is 0 Å². The van der Waals surface area contributed by atoms with Crippen LogP contribution >= 0.6 is 40.3 Å².